The quantitative estimate of drug-likeness (QED) is 0.743. The summed E-state index contributed by atoms with van der Waals surface area (Å²) in [5, 5.41) is 2.54. The van der Waals surface area contributed by atoms with Crippen molar-refractivity contribution < 1.29 is 14.4 Å². The van der Waals surface area contributed by atoms with E-state index in [4.69, 9.17) is 4.84 Å². The van der Waals surface area contributed by atoms with Crippen LogP contribution in [-0.2, 0) is 16.0 Å². The number of H-pyrrole nitrogens is 1. The van der Waals surface area contributed by atoms with Gasteiger partial charge < -0.3 is 15.1 Å². The SMILES string of the molecule is CC(=O)N[C@@H](Cc1cnc[nH]1)C(=O)On1ccnc1. The lowest BCUT2D eigenvalue weighted by Gasteiger charge is -2.15. The molecule has 8 heteroatoms. The van der Waals surface area contributed by atoms with Crippen molar-refractivity contribution in [1.82, 2.24) is 25.0 Å². The van der Waals surface area contributed by atoms with Crippen molar-refractivity contribution in [2.45, 2.75) is 19.4 Å². The molecule has 0 aliphatic heterocycles. The molecule has 0 bridgehead atoms. The Labute approximate surface area is 108 Å². The summed E-state index contributed by atoms with van der Waals surface area (Å²) in [7, 11) is 0. The number of aromatic nitrogens is 4. The van der Waals surface area contributed by atoms with E-state index in [9.17, 15) is 9.59 Å². The molecule has 19 heavy (non-hydrogen) atoms. The van der Waals surface area contributed by atoms with Crippen LogP contribution in [0.3, 0.4) is 0 Å². The molecule has 0 saturated heterocycles. The van der Waals surface area contributed by atoms with Crippen LogP contribution in [-0.4, -0.2) is 37.6 Å². The molecule has 2 aromatic heterocycles. The number of hydrogen-bond donors (Lipinski definition) is 2. The van der Waals surface area contributed by atoms with E-state index in [2.05, 4.69) is 20.3 Å². The standard InChI is InChI=1S/C11H13N5O3/c1-8(17)15-10(4-9-5-13-6-14-9)11(18)19-16-3-2-12-7-16/h2-3,5-7,10H,4H2,1H3,(H,13,14)(H,15,17)/t10-/m0/s1. The molecule has 2 aromatic rings. The zero-order valence-corrected chi connectivity index (χ0v) is 10.2. The molecule has 100 valence electrons. The van der Waals surface area contributed by atoms with Crippen LogP contribution in [0.25, 0.3) is 0 Å². The van der Waals surface area contributed by atoms with E-state index in [0.717, 1.165) is 5.69 Å². The van der Waals surface area contributed by atoms with Crippen LogP contribution in [0.1, 0.15) is 12.6 Å². The normalized spacial score (nSPS) is 11.8. The largest absolute Gasteiger partial charge is 0.355 e. The van der Waals surface area contributed by atoms with Crippen LogP contribution >= 0.6 is 0 Å². The van der Waals surface area contributed by atoms with Crippen molar-refractivity contribution >= 4 is 11.9 Å². The Morgan fingerprint density at radius 2 is 2.37 bits per heavy atom. The van der Waals surface area contributed by atoms with Crippen molar-refractivity contribution in [1.29, 1.82) is 0 Å². The minimum atomic E-state index is -0.791. The van der Waals surface area contributed by atoms with Crippen LogP contribution < -0.4 is 10.2 Å². The fraction of sp³-hybridized carbons (Fsp3) is 0.273. The highest BCUT2D eigenvalue weighted by Gasteiger charge is 2.23. The lowest BCUT2D eigenvalue weighted by atomic mass is 10.1. The Bertz CT molecular complexity index is 535. The summed E-state index contributed by atoms with van der Waals surface area (Å²) in [4.78, 5) is 38.6. The number of aromatic amines is 1. The molecule has 0 aromatic carbocycles. The predicted molar refractivity (Wildman–Crippen MR) is 63.7 cm³/mol. The minimum Gasteiger partial charge on any atom is -0.348 e. The third kappa shape index (κ3) is 3.66. The highest BCUT2D eigenvalue weighted by Crippen LogP contribution is 2.00. The summed E-state index contributed by atoms with van der Waals surface area (Å²) in [5.74, 6) is -0.894. The van der Waals surface area contributed by atoms with Crippen molar-refractivity contribution in [3.8, 4) is 0 Å². The third-order valence-electron chi connectivity index (χ3n) is 2.32. The molecule has 0 aliphatic rings. The van der Waals surface area contributed by atoms with Gasteiger partial charge in [0.1, 0.15) is 12.4 Å². The summed E-state index contributed by atoms with van der Waals surface area (Å²) in [5.41, 5.74) is 0.723. The average Bonchev–Trinajstić information content (AvgIpc) is 3.00. The smallest absolute Gasteiger partial charge is 0.348 e. The second-order valence-electron chi connectivity index (χ2n) is 3.87. The number of amides is 1. The number of nitrogens with zero attached hydrogens (tertiary/aromatic N) is 3. The molecule has 0 radical (unpaired) electrons. The molecule has 0 spiro atoms. The Morgan fingerprint density at radius 1 is 1.53 bits per heavy atom. The fourth-order valence-corrected chi connectivity index (χ4v) is 1.52. The maximum Gasteiger partial charge on any atom is 0.355 e. The predicted octanol–water partition coefficient (Wildman–Crippen LogP) is -0.691. The molecule has 1 atom stereocenters. The maximum atomic E-state index is 12.0. The first-order valence-electron chi connectivity index (χ1n) is 5.59. The van der Waals surface area contributed by atoms with E-state index in [0.29, 0.717) is 0 Å². The van der Waals surface area contributed by atoms with Crippen molar-refractivity contribution in [2.24, 2.45) is 0 Å². The van der Waals surface area contributed by atoms with E-state index < -0.39 is 12.0 Å². The first-order chi connectivity index (χ1) is 9.15. The van der Waals surface area contributed by atoms with Gasteiger partial charge in [-0.15, -0.1) is 0 Å². The van der Waals surface area contributed by atoms with Gasteiger partial charge in [-0.25, -0.2) is 14.8 Å². The third-order valence-corrected chi connectivity index (χ3v) is 2.32. The monoisotopic (exact) mass is 263 g/mol. The molecule has 8 nitrogen and oxygen atoms in total. The first-order valence-corrected chi connectivity index (χ1v) is 5.59. The van der Waals surface area contributed by atoms with Crippen molar-refractivity contribution in [3.05, 3.63) is 36.9 Å². The second-order valence-corrected chi connectivity index (χ2v) is 3.87. The van der Waals surface area contributed by atoms with Crippen LogP contribution in [0.15, 0.2) is 31.2 Å². The van der Waals surface area contributed by atoms with Gasteiger partial charge in [-0.1, -0.05) is 0 Å². The molecule has 2 N–H and O–H groups in total. The molecule has 0 unspecified atom stereocenters. The van der Waals surface area contributed by atoms with Crippen LogP contribution in [0.4, 0.5) is 0 Å². The van der Waals surface area contributed by atoms with Gasteiger partial charge in [-0.05, 0) is 0 Å². The summed E-state index contributed by atoms with van der Waals surface area (Å²) in [6.45, 7) is 1.34. The summed E-state index contributed by atoms with van der Waals surface area (Å²) in [6.07, 6.45) is 7.67. The number of carbonyl (C=O) groups is 2. The van der Waals surface area contributed by atoms with Crippen LogP contribution in [0.2, 0.25) is 0 Å². The molecule has 0 aliphatic carbocycles. The average molecular weight is 263 g/mol. The van der Waals surface area contributed by atoms with E-state index in [1.165, 1.54) is 36.7 Å². The number of imidazole rings is 2. The summed E-state index contributed by atoms with van der Waals surface area (Å²) >= 11 is 0. The summed E-state index contributed by atoms with van der Waals surface area (Å²) in [6, 6.07) is -0.791. The van der Waals surface area contributed by atoms with Gasteiger partial charge in [0.2, 0.25) is 5.91 Å². The lowest BCUT2D eigenvalue weighted by molar-refractivity contribution is -0.148. The highest BCUT2D eigenvalue weighted by atomic mass is 16.7. The molecule has 0 fully saturated rings. The zero-order valence-electron chi connectivity index (χ0n) is 10.2. The molecule has 0 saturated carbocycles. The highest BCUT2D eigenvalue weighted by molar-refractivity contribution is 5.83. The number of hydrogen-bond acceptors (Lipinski definition) is 5. The van der Waals surface area contributed by atoms with E-state index in [-0.39, 0.29) is 12.3 Å². The van der Waals surface area contributed by atoms with Crippen LogP contribution in [0.5, 0.6) is 0 Å². The Morgan fingerprint density at radius 3 is 2.95 bits per heavy atom. The first kappa shape index (κ1) is 12.8. The van der Waals surface area contributed by atoms with Gasteiger partial charge in [0.05, 0.1) is 12.5 Å². The van der Waals surface area contributed by atoms with E-state index in [1.807, 2.05) is 0 Å². The Kier molecular flexibility index (Phi) is 3.91. The van der Waals surface area contributed by atoms with Crippen LogP contribution in [0, 0.1) is 0 Å². The van der Waals surface area contributed by atoms with Gasteiger partial charge in [0, 0.05) is 31.4 Å². The molecular formula is C11H13N5O3. The van der Waals surface area contributed by atoms with Gasteiger partial charge in [-0.3, -0.25) is 4.79 Å². The zero-order chi connectivity index (χ0) is 13.7. The Balaban J connectivity index is 2.03. The topological polar surface area (TPSA) is 102 Å². The van der Waals surface area contributed by atoms with E-state index >= 15 is 0 Å². The molecular weight excluding hydrogens is 250 g/mol. The number of carbonyl (C=O) groups excluding carboxylic acids is 2. The Hall–Kier alpha value is -2.64. The molecule has 2 rings (SSSR count). The maximum absolute atomic E-state index is 12.0. The van der Waals surface area contributed by atoms with Gasteiger partial charge in [-0.2, -0.15) is 4.73 Å². The van der Waals surface area contributed by atoms with Gasteiger partial charge in [0.15, 0.2) is 0 Å². The van der Waals surface area contributed by atoms with Crippen molar-refractivity contribution in [3.63, 3.8) is 0 Å². The lowest BCUT2D eigenvalue weighted by Crippen LogP contribution is -2.45. The van der Waals surface area contributed by atoms with E-state index in [1.54, 1.807) is 6.20 Å². The second kappa shape index (κ2) is 5.80. The number of nitrogens with one attached hydrogen (secondary N) is 2. The van der Waals surface area contributed by atoms with Gasteiger partial charge >= 0.3 is 5.97 Å². The summed E-state index contributed by atoms with van der Waals surface area (Å²) < 4.78 is 1.17. The number of rotatable bonds is 5. The molecule has 1 amide bonds. The minimum absolute atomic E-state index is 0.271. The van der Waals surface area contributed by atoms with Gasteiger partial charge in [0.25, 0.3) is 0 Å². The molecule has 2 heterocycles. The van der Waals surface area contributed by atoms with Crippen molar-refractivity contribution in [2.75, 3.05) is 0 Å². The fourth-order valence-electron chi connectivity index (χ4n) is 1.52.